The summed E-state index contributed by atoms with van der Waals surface area (Å²) < 4.78 is 5.17. The lowest BCUT2D eigenvalue weighted by Crippen LogP contribution is -2.52. The summed E-state index contributed by atoms with van der Waals surface area (Å²) >= 11 is 6.19. The molecule has 0 radical (unpaired) electrons. The fourth-order valence-corrected chi connectivity index (χ4v) is 4.05. The Hall–Kier alpha value is -3.06. The Bertz CT molecular complexity index is 1010. The molecule has 3 amide bonds. The number of hydrogen-bond acceptors (Lipinski definition) is 5. The first-order valence-corrected chi connectivity index (χ1v) is 9.68. The van der Waals surface area contributed by atoms with Gasteiger partial charge < -0.3 is 15.0 Å². The van der Waals surface area contributed by atoms with E-state index in [-0.39, 0.29) is 18.2 Å². The van der Waals surface area contributed by atoms with Gasteiger partial charge in [0, 0.05) is 36.3 Å². The minimum Gasteiger partial charge on any atom is -0.495 e. The zero-order chi connectivity index (χ0) is 20.5. The van der Waals surface area contributed by atoms with Crippen molar-refractivity contribution in [2.75, 3.05) is 12.4 Å². The average molecular weight is 414 g/mol. The van der Waals surface area contributed by atoms with Crippen LogP contribution in [0.3, 0.4) is 0 Å². The smallest absolute Gasteiger partial charge is 0.255 e. The van der Waals surface area contributed by atoms with E-state index in [1.165, 1.54) is 0 Å². The summed E-state index contributed by atoms with van der Waals surface area (Å²) in [6, 6.07) is 10.4. The third kappa shape index (κ3) is 3.65. The van der Waals surface area contributed by atoms with E-state index >= 15 is 0 Å². The highest BCUT2D eigenvalue weighted by Crippen LogP contribution is 2.33. The number of imide groups is 1. The van der Waals surface area contributed by atoms with Gasteiger partial charge in [0.25, 0.3) is 5.91 Å². The van der Waals surface area contributed by atoms with Gasteiger partial charge >= 0.3 is 0 Å². The van der Waals surface area contributed by atoms with Crippen molar-refractivity contribution in [3.63, 3.8) is 0 Å². The van der Waals surface area contributed by atoms with E-state index < -0.39 is 11.9 Å². The van der Waals surface area contributed by atoms with Crippen LogP contribution < -0.4 is 15.4 Å². The number of rotatable bonds is 5. The van der Waals surface area contributed by atoms with Crippen molar-refractivity contribution < 1.29 is 19.1 Å². The van der Waals surface area contributed by atoms with E-state index in [9.17, 15) is 14.4 Å². The molecule has 29 heavy (non-hydrogen) atoms. The van der Waals surface area contributed by atoms with Crippen LogP contribution in [-0.4, -0.2) is 35.8 Å². The standard InChI is InChI=1S/C21H20ClN3O4/c1-29-18-7-5-12(9-15(18)22)10-23-16-4-2-3-13-14(16)11-25(21(13)28)17-6-8-19(26)24-20(17)27/h2-5,7,9,17,23H,6,8,10-11H2,1H3,(H,24,26,27)/t17-/m0/s1. The van der Waals surface area contributed by atoms with E-state index in [1.54, 1.807) is 18.1 Å². The first-order chi connectivity index (χ1) is 14.0. The van der Waals surface area contributed by atoms with E-state index in [0.717, 1.165) is 16.8 Å². The molecule has 0 spiro atoms. The van der Waals surface area contributed by atoms with Crippen LogP contribution in [0.15, 0.2) is 36.4 Å². The number of ether oxygens (including phenoxy) is 1. The topological polar surface area (TPSA) is 87.7 Å². The van der Waals surface area contributed by atoms with Crippen LogP contribution in [0.2, 0.25) is 5.02 Å². The Morgan fingerprint density at radius 3 is 2.79 bits per heavy atom. The van der Waals surface area contributed by atoms with Gasteiger partial charge in [-0.1, -0.05) is 23.7 Å². The van der Waals surface area contributed by atoms with Crippen LogP contribution in [0.1, 0.15) is 34.3 Å². The minimum absolute atomic E-state index is 0.189. The molecule has 2 aliphatic heterocycles. The lowest BCUT2D eigenvalue weighted by atomic mass is 10.0. The fourth-order valence-electron chi connectivity index (χ4n) is 3.77. The summed E-state index contributed by atoms with van der Waals surface area (Å²) in [5, 5.41) is 6.21. The molecule has 1 fully saturated rings. The number of methoxy groups -OCH3 is 1. The minimum atomic E-state index is -0.624. The fraction of sp³-hybridized carbons (Fsp3) is 0.286. The van der Waals surface area contributed by atoms with Crippen molar-refractivity contribution in [3.8, 4) is 5.75 Å². The number of nitrogens with zero attached hydrogens (tertiary/aromatic N) is 1. The average Bonchev–Trinajstić information content (AvgIpc) is 3.04. The third-order valence-electron chi connectivity index (χ3n) is 5.28. The maximum absolute atomic E-state index is 12.9. The molecule has 2 N–H and O–H groups in total. The Morgan fingerprint density at radius 1 is 1.24 bits per heavy atom. The zero-order valence-corrected chi connectivity index (χ0v) is 16.6. The van der Waals surface area contributed by atoms with Crippen LogP contribution in [-0.2, 0) is 22.7 Å². The van der Waals surface area contributed by atoms with Gasteiger partial charge in [-0.25, -0.2) is 0 Å². The molecule has 2 heterocycles. The predicted octanol–water partition coefficient (Wildman–Crippen LogP) is 2.72. The van der Waals surface area contributed by atoms with Gasteiger partial charge in [-0.3, -0.25) is 19.7 Å². The highest BCUT2D eigenvalue weighted by atomic mass is 35.5. The molecule has 1 saturated heterocycles. The molecule has 4 rings (SSSR count). The second-order valence-electron chi connectivity index (χ2n) is 7.05. The Kier molecular flexibility index (Phi) is 5.15. The van der Waals surface area contributed by atoms with Crippen molar-refractivity contribution in [1.82, 2.24) is 10.2 Å². The number of nitrogens with one attached hydrogen (secondary N) is 2. The molecule has 2 aromatic carbocycles. The van der Waals surface area contributed by atoms with E-state index in [1.807, 2.05) is 30.3 Å². The Balaban J connectivity index is 1.52. The molecule has 7 nitrogen and oxygen atoms in total. The molecular weight excluding hydrogens is 394 g/mol. The number of anilines is 1. The number of carbonyl (C=O) groups is 3. The van der Waals surface area contributed by atoms with Crippen LogP contribution in [0.4, 0.5) is 5.69 Å². The van der Waals surface area contributed by atoms with Crippen LogP contribution in [0.25, 0.3) is 0 Å². The number of amides is 3. The Labute approximate surface area is 173 Å². The van der Waals surface area contributed by atoms with Crippen molar-refractivity contribution in [1.29, 1.82) is 0 Å². The maximum Gasteiger partial charge on any atom is 0.255 e. The predicted molar refractivity (Wildman–Crippen MR) is 108 cm³/mol. The summed E-state index contributed by atoms with van der Waals surface area (Å²) in [5.41, 5.74) is 3.23. The van der Waals surface area contributed by atoms with Gasteiger partial charge in [-0.2, -0.15) is 0 Å². The number of carbonyl (C=O) groups excluding carboxylic acids is 3. The Morgan fingerprint density at radius 2 is 2.07 bits per heavy atom. The molecular formula is C21H20ClN3O4. The number of halogens is 1. The lowest BCUT2D eigenvalue weighted by molar-refractivity contribution is -0.136. The first-order valence-electron chi connectivity index (χ1n) is 9.30. The molecule has 8 heteroatoms. The molecule has 2 aromatic rings. The van der Waals surface area contributed by atoms with Gasteiger partial charge in [-0.15, -0.1) is 0 Å². The van der Waals surface area contributed by atoms with Crippen LogP contribution >= 0.6 is 11.6 Å². The summed E-state index contributed by atoms with van der Waals surface area (Å²) in [6.07, 6.45) is 0.581. The lowest BCUT2D eigenvalue weighted by Gasteiger charge is -2.29. The molecule has 2 aliphatic rings. The number of piperidine rings is 1. The van der Waals surface area contributed by atoms with Crippen molar-refractivity contribution in [2.24, 2.45) is 0 Å². The summed E-state index contributed by atoms with van der Waals surface area (Å²) in [5.74, 6) is -0.284. The highest BCUT2D eigenvalue weighted by Gasteiger charge is 2.39. The molecule has 1 atom stereocenters. The number of fused-ring (bicyclic) bond motifs is 1. The van der Waals surface area contributed by atoms with Gasteiger partial charge in [0.05, 0.1) is 12.1 Å². The normalized spacial score (nSPS) is 18.5. The largest absolute Gasteiger partial charge is 0.495 e. The molecule has 0 unspecified atom stereocenters. The number of hydrogen-bond donors (Lipinski definition) is 2. The summed E-state index contributed by atoms with van der Waals surface area (Å²) in [7, 11) is 1.57. The van der Waals surface area contributed by atoms with Gasteiger partial charge in [0.2, 0.25) is 11.8 Å². The van der Waals surface area contributed by atoms with Gasteiger partial charge in [-0.05, 0) is 36.2 Å². The van der Waals surface area contributed by atoms with E-state index in [4.69, 9.17) is 16.3 Å². The quantitative estimate of drug-likeness (QED) is 0.736. The van der Waals surface area contributed by atoms with Crippen LogP contribution in [0.5, 0.6) is 5.75 Å². The van der Waals surface area contributed by atoms with Gasteiger partial charge in [0.15, 0.2) is 0 Å². The molecule has 0 aliphatic carbocycles. The molecule has 0 aromatic heterocycles. The van der Waals surface area contributed by atoms with E-state index in [2.05, 4.69) is 10.6 Å². The SMILES string of the molecule is COc1ccc(CNc2cccc3c2CN([C@H]2CCC(=O)NC2=O)C3=O)cc1Cl. The second kappa shape index (κ2) is 7.75. The van der Waals surface area contributed by atoms with Crippen molar-refractivity contribution >= 4 is 35.0 Å². The molecule has 0 saturated carbocycles. The van der Waals surface area contributed by atoms with Crippen molar-refractivity contribution in [2.45, 2.75) is 32.0 Å². The van der Waals surface area contributed by atoms with E-state index in [0.29, 0.717) is 35.8 Å². The van der Waals surface area contributed by atoms with Crippen LogP contribution in [0, 0.1) is 0 Å². The number of benzene rings is 2. The highest BCUT2D eigenvalue weighted by molar-refractivity contribution is 6.32. The second-order valence-corrected chi connectivity index (χ2v) is 7.46. The molecule has 150 valence electrons. The zero-order valence-electron chi connectivity index (χ0n) is 15.8. The summed E-state index contributed by atoms with van der Waals surface area (Å²) in [4.78, 5) is 38.0. The maximum atomic E-state index is 12.9. The monoisotopic (exact) mass is 413 g/mol. The summed E-state index contributed by atoms with van der Waals surface area (Å²) in [6.45, 7) is 0.847. The first kappa shape index (κ1) is 19.3. The van der Waals surface area contributed by atoms with Gasteiger partial charge in [0.1, 0.15) is 11.8 Å². The molecule has 0 bridgehead atoms. The van der Waals surface area contributed by atoms with Crippen molar-refractivity contribution in [3.05, 3.63) is 58.1 Å². The third-order valence-corrected chi connectivity index (χ3v) is 5.58.